The standard InChI is InChI=1S/C48H39NO2Si/c1-37-46(51-45-35-21-20-34-44(45)48(50,38-22-8-2-9-23-38)39-24-10-3-11-25-39)36-47(49(37)40-26-12-4-13-27-40)52(41-28-14-5-15-29-41,42-30-16-6-17-31-42)43-32-18-7-19-33-43/h2-36,50H,1H3. The highest BCUT2D eigenvalue weighted by molar-refractivity contribution is 7.19. The van der Waals surface area contributed by atoms with E-state index in [-0.39, 0.29) is 0 Å². The van der Waals surface area contributed by atoms with E-state index in [0.29, 0.717) is 11.3 Å². The van der Waals surface area contributed by atoms with Crippen molar-refractivity contribution in [2.24, 2.45) is 0 Å². The topological polar surface area (TPSA) is 34.4 Å². The predicted molar refractivity (Wildman–Crippen MR) is 216 cm³/mol. The average Bonchev–Trinajstić information content (AvgIpc) is 3.55. The zero-order valence-electron chi connectivity index (χ0n) is 29.0. The van der Waals surface area contributed by atoms with Gasteiger partial charge in [0.1, 0.15) is 17.1 Å². The van der Waals surface area contributed by atoms with Gasteiger partial charge in [-0.05, 0) is 57.9 Å². The molecule has 1 heterocycles. The Balaban J connectivity index is 1.40. The Hall–Kier alpha value is -6.20. The maximum atomic E-state index is 12.9. The number of nitrogens with zero attached hydrogens (tertiary/aromatic N) is 1. The molecule has 0 aliphatic heterocycles. The fourth-order valence-electron chi connectivity index (χ4n) is 7.69. The van der Waals surface area contributed by atoms with Crippen LogP contribution in [0.4, 0.5) is 0 Å². The second-order valence-corrected chi connectivity index (χ2v) is 16.8. The number of benzene rings is 7. The van der Waals surface area contributed by atoms with Crippen molar-refractivity contribution in [3.05, 3.63) is 235 Å². The quantitative estimate of drug-likeness (QED) is 0.116. The molecule has 252 valence electrons. The van der Waals surface area contributed by atoms with Crippen molar-refractivity contribution in [2.75, 3.05) is 0 Å². The summed E-state index contributed by atoms with van der Waals surface area (Å²) in [7, 11) is -2.98. The molecule has 0 fully saturated rings. The highest BCUT2D eigenvalue weighted by Gasteiger charge is 2.45. The summed E-state index contributed by atoms with van der Waals surface area (Å²) in [5.74, 6) is 1.32. The first-order chi connectivity index (χ1) is 25.6. The fourth-order valence-corrected chi connectivity index (χ4v) is 12.6. The summed E-state index contributed by atoms with van der Waals surface area (Å²) in [6.45, 7) is 2.13. The molecule has 0 saturated carbocycles. The first-order valence-electron chi connectivity index (χ1n) is 17.7. The number of rotatable bonds is 10. The molecular formula is C48H39NO2Si. The van der Waals surface area contributed by atoms with Crippen LogP contribution in [0.3, 0.4) is 0 Å². The van der Waals surface area contributed by atoms with Gasteiger partial charge in [-0.1, -0.05) is 188 Å². The molecular weight excluding hydrogens is 651 g/mol. The van der Waals surface area contributed by atoms with Crippen LogP contribution in [0.25, 0.3) is 5.69 Å². The zero-order chi connectivity index (χ0) is 35.4. The van der Waals surface area contributed by atoms with Gasteiger partial charge < -0.3 is 14.4 Å². The van der Waals surface area contributed by atoms with Crippen LogP contribution in [-0.4, -0.2) is 17.7 Å². The van der Waals surface area contributed by atoms with Crippen LogP contribution in [0, 0.1) is 6.92 Å². The van der Waals surface area contributed by atoms with E-state index in [1.807, 2.05) is 84.9 Å². The van der Waals surface area contributed by atoms with Gasteiger partial charge in [0, 0.05) is 16.6 Å². The van der Waals surface area contributed by atoms with Crippen molar-refractivity contribution in [3.8, 4) is 17.2 Å². The number of aromatic nitrogens is 1. The van der Waals surface area contributed by atoms with Crippen LogP contribution >= 0.6 is 0 Å². The summed E-state index contributed by atoms with van der Waals surface area (Å²) in [6, 6.07) is 73.2. The Morgan fingerprint density at radius 1 is 0.462 bits per heavy atom. The largest absolute Gasteiger partial charge is 0.455 e. The maximum Gasteiger partial charge on any atom is 0.199 e. The molecule has 8 aromatic rings. The second kappa shape index (κ2) is 14.2. The van der Waals surface area contributed by atoms with Gasteiger partial charge in [-0.2, -0.15) is 0 Å². The monoisotopic (exact) mass is 689 g/mol. The number of aliphatic hydroxyl groups is 1. The van der Waals surface area contributed by atoms with Crippen LogP contribution in [-0.2, 0) is 5.60 Å². The predicted octanol–water partition coefficient (Wildman–Crippen LogP) is 8.24. The molecule has 7 aromatic carbocycles. The summed E-state index contributed by atoms with van der Waals surface area (Å²) in [4.78, 5) is 0. The van der Waals surface area contributed by atoms with Gasteiger partial charge in [0.2, 0.25) is 0 Å². The molecule has 52 heavy (non-hydrogen) atoms. The highest BCUT2D eigenvalue weighted by Crippen LogP contribution is 2.43. The Kier molecular flexibility index (Phi) is 9.00. The summed E-state index contributed by atoms with van der Waals surface area (Å²) in [5, 5.41) is 17.9. The summed E-state index contributed by atoms with van der Waals surface area (Å²) in [5.41, 5.74) is 2.76. The first-order valence-corrected chi connectivity index (χ1v) is 19.7. The molecule has 8 rings (SSSR count). The minimum Gasteiger partial charge on any atom is -0.455 e. The average molecular weight is 690 g/mol. The molecule has 0 atom stereocenters. The van der Waals surface area contributed by atoms with Crippen molar-refractivity contribution in [1.82, 2.24) is 4.57 Å². The van der Waals surface area contributed by atoms with Gasteiger partial charge in [0.25, 0.3) is 0 Å². The van der Waals surface area contributed by atoms with Crippen LogP contribution < -0.4 is 25.6 Å². The van der Waals surface area contributed by atoms with E-state index in [2.05, 4.69) is 139 Å². The van der Waals surface area contributed by atoms with Gasteiger partial charge >= 0.3 is 0 Å². The Bertz CT molecular complexity index is 2240. The van der Waals surface area contributed by atoms with E-state index < -0.39 is 13.7 Å². The smallest absolute Gasteiger partial charge is 0.199 e. The van der Waals surface area contributed by atoms with Gasteiger partial charge in [-0.3, -0.25) is 0 Å². The van der Waals surface area contributed by atoms with Crippen LogP contribution in [0.1, 0.15) is 22.4 Å². The van der Waals surface area contributed by atoms with Crippen LogP contribution in [0.5, 0.6) is 11.5 Å². The lowest BCUT2D eigenvalue weighted by atomic mass is 9.80. The van der Waals surface area contributed by atoms with E-state index in [1.165, 1.54) is 20.9 Å². The Morgan fingerprint density at radius 3 is 1.31 bits per heavy atom. The summed E-state index contributed by atoms with van der Waals surface area (Å²) in [6.07, 6.45) is 0. The second-order valence-electron chi connectivity index (χ2n) is 13.0. The van der Waals surface area contributed by atoms with Gasteiger partial charge in [0.05, 0.1) is 5.69 Å². The Morgan fingerprint density at radius 2 is 0.846 bits per heavy atom. The summed E-state index contributed by atoms with van der Waals surface area (Å²) < 4.78 is 9.50. The molecule has 0 radical (unpaired) electrons. The summed E-state index contributed by atoms with van der Waals surface area (Å²) >= 11 is 0. The van der Waals surface area contributed by atoms with E-state index in [4.69, 9.17) is 4.74 Å². The first kappa shape index (κ1) is 33.0. The van der Waals surface area contributed by atoms with E-state index in [1.54, 1.807) is 0 Å². The third-order valence-electron chi connectivity index (χ3n) is 10.1. The van der Waals surface area contributed by atoms with Crippen LogP contribution in [0.2, 0.25) is 0 Å². The van der Waals surface area contributed by atoms with Crippen molar-refractivity contribution in [1.29, 1.82) is 0 Å². The van der Waals surface area contributed by atoms with Gasteiger partial charge in [-0.25, -0.2) is 0 Å². The van der Waals surface area contributed by atoms with Crippen molar-refractivity contribution in [2.45, 2.75) is 12.5 Å². The SMILES string of the molecule is Cc1c(Oc2ccccc2C(O)(c2ccccc2)c2ccccc2)cc([Si](c2ccccc2)(c2ccccc2)c2ccccc2)n1-c1ccccc1. The van der Waals surface area contributed by atoms with Crippen molar-refractivity contribution < 1.29 is 9.84 Å². The molecule has 0 amide bonds. The molecule has 3 nitrogen and oxygen atoms in total. The molecule has 0 aliphatic rings. The lowest BCUT2D eigenvalue weighted by Gasteiger charge is -2.35. The third kappa shape index (κ3) is 5.68. The number of hydrogen-bond donors (Lipinski definition) is 1. The number of para-hydroxylation sites is 2. The molecule has 0 unspecified atom stereocenters. The Labute approximate surface area is 306 Å². The lowest BCUT2D eigenvalue weighted by Crippen LogP contribution is -2.76. The van der Waals surface area contributed by atoms with E-state index in [9.17, 15) is 5.11 Å². The molecule has 1 N–H and O–H groups in total. The highest BCUT2D eigenvalue weighted by atomic mass is 28.3. The van der Waals surface area contributed by atoms with E-state index in [0.717, 1.165) is 28.3 Å². The molecule has 0 bridgehead atoms. The zero-order valence-corrected chi connectivity index (χ0v) is 30.0. The number of ether oxygens (including phenoxy) is 1. The molecule has 0 saturated heterocycles. The van der Waals surface area contributed by atoms with Crippen molar-refractivity contribution >= 4 is 29.0 Å². The lowest BCUT2D eigenvalue weighted by molar-refractivity contribution is 0.123. The molecule has 0 aliphatic carbocycles. The third-order valence-corrected chi connectivity index (χ3v) is 14.8. The minimum atomic E-state index is -2.98. The normalized spacial score (nSPS) is 11.7. The van der Waals surface area contributed by atoms with Crippen LogP contribution in [0.15, 0.2) is 212 Å². The maximum absolute atomic E-state index is 12.9. The fraction of sp³-hybridized carbons (Fsp3) is 0.0417. The molecule has 1 aromatic heterocycles. The number of hydrogen-bond acceptors (Lipinski definition) is 2. The van der Waals surface area contributed by atoms with Gasteiger partial charge in [0.15, 0.2) is 8.07 Å². The minimum absolute atomic E-state index is 0.587. The van der Waals surface area contributed by atoms with Gasteiger partial charge in [-0.15, -0.1) is 0 Å². The molecule has 4 heteroatoms. The van der Waals surface area contributed by atoms with E-state index >= 15 is 0 Å². The van der Waals surface area contributed by atoms with Crippen molar-refractivity contribution in [3.63, 3.8) is 0 Å². The molecule has 0 spiro atoms.